The van der Waals surface area contributed by atoms with Crippen LogP contribution in [0.25, 0.3) is 11.4 Å². The Kier molecular flexibility index (Phi) is 5.41. The minimum atomic E-state index is -0.627. The summed E-state index contributed by atoms with van der Waals surface area (Å²) in [4.78, 5) is 4.23. The van der Waals surface area contributed by atoms with Crippen LogP contribution in [0.1, 0.15) is 36.8 Å². The molecule has 0 saturated heterocycles. The lowest BCUT2D eigenvalue weighted by Crippen LogP contribution is -2.18. The molecule has 2 bridgehead atoms. The molecule has 0 aliphatic carbocycles. The molecule has 160 valence electrons. The Bertz CT molecular complexity index is 1190. The predicted molar refractivity (Wildman–Crippen MR) is 114 cm³/mol. The fourth-order valence-electron chi connectivity index (χ4n) is 3.67. The van der Waals surface area contributed by atoms with E-state index >= 15 is 0 Å². The Morgan fingerprint density at radius 3 is 2.87 bits per heavy atom. The van der Waals surface area contributed by atoms with Crippen LogP contribution in [0.3, 0.4) is 0 Å². The SMILES string of the molecule is CCN/C1=C(\C=N)Cc2c(F)cnn2-c2ccc(F)cc2C(C)Oc2cc1cnc2N. The van der Waals surface area contributed by atoms with Crippen molar-refractivity contribution in [1.29, 1.82) is 5.41 Å². The van der Waals surface area contributed by atoms with Gasteiger partial charge in [0, 0.05) is 42.2 Å². The van der Waals surface area contributed by atoms with Crippen LogP contribution in [0.2, 0.25) is 0 Å². The molecule has 4 N–H and O–H groups in total. The van der Waals surface area contributed by atoms with Crippen molar-refractivity contribution in [3.63, 3.8) is 0 Å². The number of nitrogens with zero attached hydrogens (tertiary/aromatic N) is 3. The van der Waals surface area contributed by atoms with Gasteiger partial charge in [0.15, 0.2) is 17.4 Å². The fraction of sp³-hybridized carbons (Fsp3) is 0.227. The highest BCUT2D eigenvalue weighted by atomic mass is 19.1. The Morgan fingerprint density at radius 1 is 1.32 bits per heavy atom. The molecule has 9 heteroatoms. The average Bonchev–Trinajstić information content (AvgIpc) is 3.11. The number of nitrogen functional groups attached to an aromatic ring is 1. The monoisotopic (exact) mass is 424 g/mol. The third-order valence-corrected chi connectivity index (χ3v) is 5.15. The first kappa shape index (κ1) is 20.5. The average molecular weight is 424 g/mol. The highest BCUT2D eigenvalue weighted by Gasteiger charge is 2.23. The van der Waals surface area contributed by atoms with Crippen LogP contribution < -0.4 is 15.8 Å². The summed E-state index contributed by atoms with van der Waals surface area (Å²) < 4.78 is 36.4. The second-order valence-electron chi connectivity index (χ2n) is 7.17. The van der Waals surface area contributed by atoms with Gasteiger partial charge in [0.2, 0.25) is 0 Å². The maximum absolute atomic E-state index is 14.8. The van der Waals surface area contributed by atoms with Crippen molar-refractivity contribution < 1.29 is 13.5 Å². The molecule has 31 heavy (non-hydrogen) atoms. The summed E-state index contributed by atoms with van der Waals surface area (Å²) >= 11 is 0. The second-order valence-corrected chi connectivity index (χ2v) is 7.17. The van der Waals surface area contributed by atoms with Crippen molar-refractivity contribution in [2.24, 2.45) is 0 Å². The fourth-order valence-corrected chi connectivity index (χ4v) is 3.67. The van der Waals surface area contributed by atoms with Gasteiger partial charge in [-0.3, -0.25) is 0 Å². The summed E-state index contributed by atoms with van der Waals surface area (Å²) in [6.45, 7) is 4.25. The van der Waals surface area contributed by atoms with Crippen LogP contribution in [0.4, 0.5) is 14.6 Å². The minimum absolute atomic E-state index is 0.0867. The van der Waals surface area contributed by atoms with Gasteiger partial charge in [-0.15, -0.1) is 0 Å². The quantitative estimate of drug-likeness (QED) is 0.555. The van der Waals surface area contributed by atoms with Gasteiger partial charge >= 0.3 is 0 Å². The highest BCUT2D eigenvalue weighted by Crippen LogP contribution is 2.33. The third kappa shape index (κ3) is 3.74. The largest absolute Gasteiger partial charge is 0.482 e. The molecule has 0 saturated carbocycles. The molecule has 0 amide bonds. The van der Waals surface area contributed by atoms with Gasteiger partial charge in [-0.25, -0.2) is 18.4 Å². The molecule has 7 nitrogen and oxygen atoms in total. The van der Waals surface area contributed by atoms with E-state index in [9.17, 15) is 8.78 Å². The highest BCUT2D eigenvalue weighted by molar-refractivity contribution is 5.89. The minimum Gasteiger partial charge on any atom is -0.482 e. The van der Waals surface area contributed by atoms with E-state index in [0.29, 0.717) is 40.4 Å². The van der Waals surface area contributed by atoms with Crippen LogP contribution in [-0.2, 0) is 6.42 Å². The Labute approximate surface area is 178 Å². The van der Waals surface area contributed by atoms with Gasteiger partial charge in [-0.2, -0.15) is 5.10 Å². The van der Waals surface area contributed by atoms with Gasteiger partial charge in [0.1, 0.15) is 11.9 Å². The first-order chi connectivity index (χ1) is 14.9. The summed E-state index contributed by atoms with van der Waals surface area (Å²) in [6, 6.07) is 5.87. The molecule has 3 heterocycles. The zero-order valence-electron chi connectivity index (χ0n) is 17.1. The maximum Gasteiger partial charge on any atom is 0.166 e. The number of hydrogen-bond donors (Lipinski definition) is 3. The summed E-state index contributed by atoms with van der Waals surface area (Å²) in [7, 11) is 0. The molecular weight excluding hydrogens is 402 g/mol. The van der Waals surface area contributed by atoms with E-state index in [1.165, 1.54) is 29.1 Å². The van der Waals surface area contributed by atoms with Gasteiger partial charge in [-0.1, -0.05) is 0 Å². The lowest BCUT2D eigenvalue weighted by Gasteiger charge is -2.23. The smallest absolute Gasteiger partial charge is 0.166 e. The normalized spacial score (nSPS) is 18.1. The molecule has 1 aliphatic heterocycles. The Balaban J connectivity index is 2.04. The molecule has 4 rings (SSSR count). The molecule has 0 spiro atoms. The van der Waals surface area contributed by atoms with Gasteiger partial charge in [0.25, 0.3) is 0 Å². The lowest BCUT2D eigenvalue weighted by molar-refractivity contribution is 0.226. The maximum atomic E-state index is 14.8. The van der Waals surface area contributed by atoms with E-state index in [-0.39, 0.29) is 17.9 Å². The van der Waals surface area contributed by atoms with Crippen LogP contribution in [0.15, 0.2) is 42.2 Å². The number of halogens is 2. The summed E-state index contributed by atoms with van der Waals surface area (Å²) in [5.74, 6) is -0.465. The van der Waals surface area contributed by atoms with Crippen molar-refractivity contribution in [3.05, 3.63) is 70.7 Å². The van der Waals surface area contributed by atoms with Gasteiger partial charge < -0.3 is 21.2 Å². The first-order valence-electron chi connectivity index (χ1n) is 9.85. The molecule has 1 unspecified atom stereocenters. The number of hydrogen-bond acceptors (Lipinski definition) is 6. The zero-order chi connectivity index (χ0) is 22.1. The topological polar surface area (TPSA) is 102 Å². The number of fused-ring (bicyclic) bond motifs is 5. The number of anilines is 1. The van der Waals surface area contributed by atoms with Crippen LogP contribution >= 0.6 is 0 Å². The molecule has 1 atom stereocenters. The van der Waals surface area contributed by atoms with E-state index in [2.05, 4.69) is 15.4 Å². The van der Waals surface area contributed by atoms with E-state index < -0.39 is 17.7 Å². The summed E-state index contributed by atoms with van der Waals surface area (Å²) in [6.07, 6.45) is 3.32. The zero-order valence-corrected chi connectivity index (χ0v) is 17.1. The third-order valence-electron chi connectivity index (χ3n) is 5.15. The number of allylic oxidation sites excluding steroid dienone is 1. The van der Waals surface area contributed by atoms with Gasteiger partial charge in [-0.05, 0) is 43.7 Å². The Morgan fingerprint density at radius 2 is 2.13 bits per heavy atom. The standard InChI is InChI=1S/C22H22F2N6O/c1-3-27-21-13(9-25)6-19-17(24)11-29-30(19)18-5-4-15(23)8-16(18)12(2)31-20-7-14(21)10-28-22(20)26/h4-5,7-12,25,27H,3,6H2,1-2H3,(H2,26,28)/b21-13-,25-9?. The first-order valence-corrected chi connectivity index (χ1v) is 9.85. The Hall–Kier alpha value is -3.75. The number of rotatable bonds is 3. The number of nitrogens with one attached hydrogen (secondary N) is 2. The molecule has 1 aliphatic rings. The molecule has 0 radical (unpaired) electrons. The second kappa shape index (κ2) is 8.17. The van der Waals surface area contributed by atoms with Crippen molar-refractivity contribution >= 4 is 17.7 Å². The van der Waals surface area contributed by atoms with Crippen LogP contribution in [0.5, 0.6) is 5.75 Å². The lowest BCUT2D eigenvalue weighted by atomic mass is 10.0. The molecule has 2 aromatic heterocycles. The summed E-state index contributed by atoms with van der Waals surface area (Å²) in [5.41, 5.74) is 9.02. The van der Waals surface area contributed by atoms with Crippen molar-refractivity contribution in [1.82, 2.24) is 20.1 Å². The van der Waals surface area contributed by atoms with E-state index in [4.69, 9.17) is 15.9 Å². The van der Waals surface area contributed by atoms with E-state index in [1.54, 1.807) is 19.2 Å². The van der Waals surface area contributed by atoms with E-state index in [1.807, 2.05) is 6.92 Å². The number of pyridine rings is 1. The number of benzene rings is 1. The molecule has 1 aromatic carbocycles. The van der Waals surface area contributed by atoms with Crippen molar-refractivity contribution in [2.45, 2.75) is 26.4 Å². The van der Waals surface area contributed by atoms with Crippen LogP contribution in [-0.4, -0.2) is 27.5 Å². The van der Waals surface area contributed by atoms with Crippen molar-refractivity contribution in [3.8, 4) is 11.4 Å². The predicted octanol–water partition coefficient (Wildman–Crippen LogP) is 3.79. The van der Waals surface area contributed by atoms with Crippen molar-refractivity contribution in [2.75, 3.05) is 12.3 Å². The number of ether oxygens (including phenoxy) is 1. The molecular formula is C22H22F2N6O. The number of aromatic nitrogens is 3. The van der Waals surface area contributed by atoms with Crippen LogP contribution in [0, 0.1) is 17.0 Å². The molecule has 3 aromatic rings. The van der Waals surface area contributed by atoms with E-state index in [0.717, 1.165) is 6.20 Å². The molecule has 0 fully saturated rings. The summed E-state index contributed by atoms with van der Waals surface area (Å²) in [5, 5.41) is 15.4. The number of nitrogens with two attached hydrogens (primary N) is 1. The van der Waals surface area contributed by atoms with Gasteiger partial charge in [0.05, 0.1) is 17.6 Å².